The topological polar surface area (TPSA) is 88.7 Å². The zero-order valence-electron chi connectivity index (χ0n) is 15.9. The molecule has 29 heavy (non-hydrogen) atoms. The number of ether oxygens (including phenoxy) is 2. The summed E-state index contributed by atoms with van der Waals surface area (Å²) in [4.78, 5) is 24.2. The second kappa shape index (κ2) is 7.55. The third-order valence-electron chi connectivity index (χ3n) is 4.59. The molecule has 0 unspecified atom stereocenters. The van der Waals surface area contributed by atoms with Crippen molar-refractivity contribution in [3.8, 4) is 11.5 Å². The molecule has 0 saturated carbocycles. The van der Waals surface area contributed by atoms with Crippen LogP contribution in [0.4, 0.5) is 22.7 Å². The van der Waals surface area contributed by atoms with Gasteiger partial charge in [0.2, 0.25) is 0 Å². The van der Waals surface area contributed by atoms with Gasteiger partial charge in [0, 0.05) is 17.4 Å². The Labute approximate surface area is 167 Å². The summed E-state index contributed by atoms with van der Waals surface area (Å²) in [6.45, 7) is 0. The lowest BCUT2D eigenvalue weighted by molar-refractivity contribution is 0.0879. The molecule has 2 amide bonds. The summed E-state index contributed by atoms with van der Waals surface area (Å²) < 4.78 is 10.6. The molecule has 0 radical (unpaired) electrons. The van der Waals surface area contributed by atoms with Crippen molar-refractivity contribution in [2.24, 2.45) is 0 Å². The van der Waals surface area contributed by atoms with E-state index in [1.54, 1.807) is 38.5 Å². The van der Waals surface area contributed by atoms with E-state index in [0.717, 1.165) is 11.4 Å². The molecule has 7 nitrogen and oxygen atoms in total. The number of amides is 2. The number of benzene rings is 3. The Morgan fingerprint density at radius 1 is 0.690 bits per heavy atom. The SMILES string of the molecule is COc1ccc(Nc2cc3c(cc2Nc2ccccc2)C(=O)NC3=O)cc1OC. The van der Waals surface area contributed by atoms with Crippen molar-refractivity contribution in [2.75, 3.05) is 24.9 Å². The van der Waals surface area contributed by atoms with Gasteiger partial charge in [-0.1, -0.05) is 18.2 Å². The lowest BCUT2D eigenvalue weighted by Crippen LogP contribution is -2.19. The van der Waals surface area contributed by atoms with Crippen LogP contribution in [0.1, 0.15) is 20.7 Å². The predicted octanol–water partition coefficient (Wildman–Crippen LogP) is 4.07. The van der Waals surface area contributed by atoms with Crippen LogP contribution in [0.3, 0.4) is 0 Å². The summed E-state index contributed by atoms with van der Waals surface area (Å²) in [5.41, 5.74) is 3.57. The molecule has 146 valence electrons. The molecule has 3 aromatic rings. The first-order chi connectivity index (χ1) is 14.1. The van der Waals surface area contributed by atoms with Crippen molar-refractivity contribution in [3.05, 3.63) is 71.8 Å². The molecular formula is C22H19N3O4. The minimum absolute atomic E-state index is 0.330. The number of para-hydroxylation sites is 1. The number of fused-ring (bicyclic) bond motifs is 1. The van der Waals surface area contributed by atoms with Crippen LogP contribution in [0.15, 0.2) is 60.7 Å². The second-order valence-electron chi connectivity index (χ2n) is 6.41. The summed E-state index contributed by atoms with van der Waals surface area (Å²) in [6, 6.07) is 18.3. The van der Waals surface area contributed by atoms with Crippen molar-refractivity contribution in [3.63, 3.8) is 0 Å². The molecule has 7 heteroatoms. The highest BCUT2D eigenvalue weighted by atomic mass is 16.5. The van der Waals surface area contributed by atoms with Gasteiger partial charge in [0.15, 0.2) is 11.5 Å². The number of hydrogen-bond donors (Lipinski definition) is 3. The Kier molecular flexibility index (Phi) is 4.78. The fraction of sp³-hybridized carbons (Fsp3) is 0.0909. The van der Waals surface area contributed by atoms with Gasteiger partial charge in [-0.15, -0.1) is 0 Å². The number of carbonyl (C=O) groups is 2. The first kappa shape index (κ1) is 18.4. The molecule has 1 aliphatic rings. The molecule has 0 saturated heterocycles. The Hall–Kier alpha value is -4.00. The van der Waals surface area contributed by atoms with Gasteiger partial charge in [0.1, 0.15) is 0 Å². The Balaban J connectivity index is 1.76. The van der Waals surface area contributed by atoms with Gasteiger partial charge >= 0.3 is 0 Å². The first-order valence-corrected chi connectivity index (χ1v) is 8.94. The second-order valence-corrected chi connectivity index (χ2v) is 6.41. The molecule has 3 aromatic carbocycles. The van der Waals surface area contributed by atoms with Gasteiger partial charge in [-0.25, -0.2) is 0 Å². The highest BCUT2D eigenvalue weighted by Gasteiger charge is 2.28. The van der Waals surface area contributed by atoms with E-state index < -0.39 is 11.8 Å². The summed E-state index contributed by atoms with van der Waals surface area (Å²) in [5, 5.41) is 8.92. The van der Waals surface area contributed by atoms with Crippen molar-refractivity contribution in [1.29, 1.82) is 0 Å². The highest BCUT2D eigenvalue weighted by Crippen LogP contribution is 2.36. The van der Waals surface area contributed by atoms with Crippen LogP contribution >= 0.6 is 0 Å². The Morgan fingerprint density at radius 3 is 1.86 bits per heavy atom. The molecule has 0 aromatic heterocycles. The van der Waals surface area contributed by atoms with Crippen LogP contribution in [0.2, 0.25) is 0 Å². The monoisotopic (exact) mass is 389 g/mol. The average Bonchev–Trinajstić information content (AvgIpc) is 3.01. The molecule has 4 rings (SSSR count). The van der Waals surface area contributed by atoms with Crippen molar-refractivity contribution >= 4 is 34.6 Å². The zero-order valence-corrected chi connectivity index (χ0v) is 15.9. The lowest BCUT2D eigenvalue weighted by atomic mass is 10.1. The van der Waals surface area contributed by atoms with E-state index in [2.05, 4.69) is 16.0 Å². The van der Waals surface area contributed by atoms with E-state index >= 15 is 0 Å². The van der Waals surface area contributed by atoms with Crippen LogP contribution in [0.25, 0.3) is 0 Å². The first-order valence-electron chi connectivity index (χ1n) is 8.94. The van der Waals surface area contributed by atoms with Gasteiger partial charge in [-0.3, -0.25) is 14.9 Å². The van der Waals surface area contributed by atoms with Crippen LogP contribution in [-0.4, -0.2) is 26.0 Å². The predicted molar refractivity (Wildman–Crippen MR) is 111 cm³/mol. The quantitative estimate of drug-likeness (QED) is 0.551. The van der Waals surface area contributed by atoms with Crippen LogP contribution < -0.4 is 25.4 Å². The summed E-state index contributed by atoms with van der Waals surface area (Å²) >= 11 is 0. The van der Waals surface area contributed by atoms with Crippen molar-refractivity contribution in [2.45, 2.75) is 0 Å². The van der Waals surface area contributed by atoms with Crippen molar-refractivity contribution in [1.82, 2.24) is 5.32 Å². The van der Waals surface area contributed by atoms with E-state index in [4.69, 9.17) is 9.47 Å². The van der Waals surface area contributed by atoms with E-state index in [0.29, 0.717) is 34.0 Å². The molecule has 0 spiro atoms. The Bertz CT molecular complexity index is 1100. The van der Waals surface area contributed by atoms with E-state index in [9.17, 15) is 9.59 Å². The average molecular weight is 389 g/mol. The largest absolute Gasteiger partial charge is 0.493 e. The smallest absolute Gasteiger partial charge is 0.259 e. The minimum Gasteiger partial charge on any atom is -0.493 e. The molecule has 0 atom stereocenters. The van der Waals surface area contributed by atoms with Gasteiger partial charge in [-0.05, 0) is 36.4 Å². The molecule has 0 bridgehead atoms. The fourth-order valence-electron chi connectivity index (χ4n) is 3.17. The van der Waals surface area contributed by atoms with E-state index in [-0.39, 0.29) is 0 Å². The van der Waals surface area contributed by atoms with Crippen molar-refractivity contribution < 1.29 is 19.1 Å². The van der Waals surface area contributed by atoms with Gasteiger partial charge in [0.25, 0.3) is 11.8 Å². The summed E-state index contributed by atoms with van der Waals surface area (Å²) in [6.07, 6.45) is 0. The number of nitrogens with one attached hydrogen (secondary N) is 3. The molecular weight excluding hydrogens is 370 g/mol. The van der Waals surface area contributed by atoms with Crippen LogP contribution in [0, 0.1) is 0 Å². The highest BCUT2D eigenvalue weighted by molar-refractivity contribution is 6.22. The molecule has 0 aliphatic carbocycles. The zero-order chi connectivity index (χ0) is 20.4. The molecule has 1 heterocycles. The van der Waals surface area contributed by atoms with Crippen LogP contribution in [0.5, 0.6) is 11.5 Å². The lowest BCUT2D eigenvalue weighted by Gasteiger charge is -2.16. The Morgan fingerprint density at radius 2 is 1.28 bits per heavy atom. The van der Waals surface area contributed by atoms with Gasteiger partial charge in [-0.2, -0.15) is 0 Å². The van der Waals surface area contributed by atoms with E-state index in [1.165, 1.54) is 0 Å². The molecule has 1 aliphatic heterocycles. The van der Waals surface area contributed by atoms with Gasteiger partial charge in [0.05, 0.1) is 36.7 Å². The van der Waals surface area contributed by atoms with E-state index in [1.807, 2.05) is 36.4 Å². The third kappa shape index (κ3) is 3.58. The maximum absolute atomic E-state index is 12.1. The number of imide groups is 1. The standard InChI is InChI=1S/C22H19N3O4/c1-28-19-9-8-14(10-20(19)29-2)24-18-12-16-15(21(26)25-22(16)27)11-17(18)23-13-6-4-3-5-7-13/h3-12,23-24H,1-2H3,(H,25,26,27). The third-order valence-corrected chi connectivity index (χ3v) is 4.59. The molecule has 0 fully saturated rings. The minimum atomic E-state index is -0.411. The number of hydrogen-bond acceptors (Lipinski definition) is 6. The maximum atomic E-state index is 12.1. The maximum Gasteiger partial charge on any atom is 0.259 e. The fourth-order valence-corrected chi connectivity index (χ4v) is 3.17. The summed E-state index contributed by atoms with van der Waals surface area (Å²) in [7, 11) is 3.14. The van der Waals surface area contributed by atoms with Crippen LogP contribution in [-0.2, 0) is 0 Å². The van der Waals surface area contributed by atoms with Gasteiger partial charge < -0.3 is 20.1 Å². The summed E-state index contributed by atoms with van der Waals surface area (Å²) in [5.74, 6) is 0.370. The number of rotatable bonds is 6. The normalized spacial score (nSPS) is 12.2. The molecule has 3 N–H and O–H groups in total. The number of anilines is 4. The number of methoxy groups -OCH3 is 2. The number of carbonyl (C=O) groups excluding carboxylic acids is 2.